The molecule has 0 spiro atoms. The average Bonchev–Trinajstić information content (AvgIpc) is 2.62. The van der Waals surface area contributed by atoms with Crippen molar-refractivity contribution >= 4 is 12.4 Å². The Labute approximate surface area is 171 Å². The van der Waals surface area contributed by atoms with Gasteiger partial charge in [-0.1, -0.05) is 12.1 Å². The van der Waals surface area contributed by atoms with E-state index in [2.05, 4.69) is 10.1 Å². The van der Waals surface area contributed by atoms with Crippen LogP contribution in [-0.4, -0.2) is 37.5 Å². The minimum Gasteiger partial charge on any atom is -0.492 e. The molecule has 0 atom stereocenters. The molecule has 0 aliphatic heterocycles. The summed E-state index contributed by atoms with van der Waals surface area (Å²) in [6.45, 7) is 5.47. The van der Waals surface area contributed by atoms with Crippen LogP contribution in [0.2, 0.25) is 0 Å². The van der Waals surface area contributed by atoms with Crippen molar-refractivity contribution in [1.29, 1.82) is 0 Å². The average molecular weight is 425 g/mol. The Bertz CT molecular complexity index is 891. The maximum atomic E-state index is 12.5. The van der Waals surface area contributed by atoms with Crippen molar-refractivity contribution in [2.24, 2.45) is 0 Å². The molecule has 0 aromatic heterocycles. The summed E-state index contributed by atoms with van der Waals surface area (Å²) in [6.07, 6.45) is -4.79. The van der Waals surface area contributed by atoms with E-state index in [-0.39, 0.29) is 24.5 Å². The van der Waals surface area contributed by atoms with Crippen molar-refractivity contribution in [3.8, 4) is 22.6 Å². The molecule has 0 unspecified atom stereocenters. The zero-order chi connectivity index (χ0) is 22.4. The molecule has 9 heteroatoms. The Kier molecular flexibility index (Phi) is 7.31. The summed E-state index contributed by atoms with van der Waals surface area (Å²) >= 11 is 0. The second-order valence-corrected chi connectivity index (χ2v) is 7.26. The van der Waals surface area contributed by atoms with Gasteiger partial charge in [-0.25, -0.2) is 4.79 Å². The molecule has 2 aromatic rings. The van der Waals surface area contributed by atoms with Gasteiger partial charge in [-0.2, -0.15) is 0 Å². The molecule has 6 nitrogen and oxygen atoms in total. The van der Waals surface area contributed by atoms with Crippen LogP contribution in [-0.2, 0) is 4.74 Å². The number of hydrogen-bond donors (Lipinski definition) is 1. The van der Waals surface area contributed by atoms with E-state index < -0.39 is 18.1 Å². The van der Waals surface area contributed by atoms with Crippen LogP contribution in [0.15, 0.2) is 42.5 Å². The Morgan fingerprint density at radius 3 is 2.37 bits per heavy atom. The van der Waals surface area contributed by atoms with Gasteiger partial charge < -0.3 is 19.5 Å². The van der Waals surface area contributed by atoms with Crippen LogP contribution >= 0.6 is 0 Å². The van der Waals surface area contributed by atoms with Gasteiger partial charge in [0.2, 0.25) is 0 Å². The lowest BCUT2D eigenvalue weighted by atomic mass is 10.0. The van der Waals surface area contributed by atoms with Crippen molar-refractivity contribution in [2.75, 3.05) is 13.2 Å². The lowest BCUT2D eigenvalue weighted by Crippen LogP contribution is -2.34. The molecule has 162 valence electrons. The van der Waals surface area contributed by atoms with E-state index in [4.69, 9.17) is 9.47 Å². The zero-order valence-corrected chi connectivity index (χ0v) is 16.7. The van der Waals surface area contributed by atoms with Gasteiger partial charge >= 0.3 is 12.5 Å². The third-order valence-electron chi connectivity index (χ3n) is 3.50. The first kappa shape index (κ1) is 23.1. The van der Waals surface area contributed by atoms with Gasteiger partial charge in [0, 0.05) is 5.56 Å². The van der Waals surface area contributed by atoms with Gasteiger partial charge in [0.25, 0.3) is 0 Å². The van der Waals surface area contributed by atoms with Crippen molar-refractivity contribution < 1.29 is 37.0 Å². The molecule has 2 rings (SSSR count). The number of amides is 1. The predicted octanol–water partition coefficient (Wildman–Crippen LogP) is 4.97. The van der Waals surface area contributed by atoms with Crippen LogP contribution in [0, 0.1) is 0 Å². The summed E-state index contributed by atoms with van der Waals surface area (Å²) in [7, 11) is 0. The topological polar surface area (TPSA) is 73.9 Å². The molecule has 30 heavy (non-hydrogen) atoms. The number of carbonyl (C=O) groups excluding carboxylic acids is 2. The van der Waals surface area contributed by atoms with Crippen LogP contribution in [0.1, 0.15) is 31.1 Å². The van der Waals surface area contributed by atoms with Gasteiger partial charge in [-0.15, -0.1) is 13.2 Å². The third kappa shape index (κ3) is 8.02. The molecule has 0 bridgehead atoms. The van der Waals surface area contributed by atoms with Crippen molar-refractivity contribution in [3.63, 3.8) is 0 Å². The van der Waals surface area contributed by atoms with Gasteiger partial charge in [0.15, 0.2) is 0 Å². The largest absolute Gasteiger partial charge is 0.573 e. The van der Waals surface area contributed by atoms with Gasteiger partial charge in [0.1, 0.15) is 30.0 Å². The summed E-state index contributed by atoms with van der Waals surface area (Å²) in [5, 5.41) is 2.53. The van der Waals surface area contributed by atoms with E-state index >= 15 is 0 Å². The van der Waals surface area contributed by atoms with Crippen LogP contribution < -0.4 is 14.8 Å². The number of benzene rings is 2. The number of ether oxygens (including phenoxy) is 3. The maximum absolute atomic E-state index is 12.5. The molecule has 0 radical (unpaired) electrons. The van der Waals surface area contributed by atoms with E-state index in [1.165, 1.54) is 30.3 Å². The molecule has 0 saturated carbocycles. The molecule has 0 heterocycles. The van der Waals surface area contributed by atoms with E-state index in [1.807, 2.05) is 0 Å². The lowest BCUT2D eigenvalue weighted by molar-refractivity contribution is -0.274. The van der Waals surface area contributed by atoms with Crippen molar-refractivity contribution in [2.45, 2.75) is 32.7 Å². The number of aldehydes is 1. The van der Waals surface area contributed by atoms with Gasteiger partial charge in [0.05, 0.1) is 6.54 Å². The highest BCUT2D eigenvalue weighted by Gasteiger charge is 2.31. The molecular weight excluding hydrogens is 403 g/mol. The van der Waals surface area contributed by atoms with E-state index in [1.54, 1.807) is 32.9 Å². The summed E-state index contributed by atoms with van der Waals surface area (Å²) in [6, 6.07) is 9.97. The van der Waals surface area contributed by atoms with Gasteiger partial charge in [-0.3, -0.25) is 4.79 Å². The number of carbonyl (C=O) groups is 2. The summed E-state index contributed by atoms with van der Waals surface area (Å²) in [4.78, 5) is 22.9. The van der Waals surface area contributed by atoms with Crippen LogP contribution in [0.5, 0.6) is 11.5 Å². The highest BCUT2D eigenvalue weighted by Crippen LogP contribution is 2.30. The standard InChI is InChI=1S/C21H22F3NO5/c1-20(2,3)30-19(27)25-7-8-28-18-10-14(13-26)9-16(12-18)15-5-4-6-17(11-15)29-21(22,23)24/h4-6,9-13H,7-8H2,1-3H3,(H,25,27). The first-order chi connectivity index (χ1) is 13.9. The molecule has 2 aromatic carbocycles. The van der Waals surface area contributed by atoms with E-state index in [0.717, 1.165) is 0 Å². The minimum absolute atomic E-state index is 0.0955. The fraction of sp³-hybridized carbons (Fsp3) is 0.333. The fourth-order valence-corrected chi connectivity index (χ4v) is 2.45. The Balaban J connectivity index is 2.08. The minimum atomic E-state index is -4.81. The number of nitrogens with one attached hydrogen (secondary N) is 1. The Hall–Kier alpha value is -3.23. The number of hydrogen-bond acceptors (Lipinski definition) is 5. The number of rotatable bonds is 7. The Morgan fingerprint density at radius 1 is 1.03 bits per heavy atom. The molecule has 0 saturated heterocycles. The number of alkyl halides is 3. The SMILES string of the molecule is CC(C)(C)OC(=O)NCCOc1cc(C=O)cc(-c2cccc(OC(F)(F)F)c2)c1. The zero-order valence-electron chi connectivity index (χ0n) is 16.7. The second kappa shape index (κ2) is 9.51. The highest BCUT2D eigenvalue weighted by atomic mass is 19.4. The van der Waals surface area contributed by atoms with E-state index in [9.17, 15) is 22.8 Å². The third-order valence-corrected chi connectivity index (χ3v) is 3.50. The Morgan fingerprint density at radius 2 is 1.73 bits per heavy atom. The molecule has 0 aliphatic carbocycles. The maximum Gasteiger partial charge on any atom is 0.573 e. The summed E-state index contributed by atoms with van der Waals surface area (Å²) < 4.78 is 52.0. The molecule has 1 N–H and O–H groups in total. The highest BCUT2D eigenvalue weighted by molar-refractivity contribution is 5.80. The number of halogens is 3. The van der Waals surface area contributed by atoms with Crippen LogP contribution in [0.25, 0.3) is 11.1 Å². The van der Waals surface area contributed by atoms with Crippen LogP contribution in [0.4, 0.5) is 18.0 Å². The molecule has 0 aliphatic rings. The fourth-order valence-electron chi connectivity index (χ4n) is 2.45. The lowest BCUT2D eigenvalue weighted by Gasteiger charge is -2.19. The quantitative estimate of drug-likeness (QED) is 0.501. The normalized spacial score (nSPS) is 11.5. The van der Waals surface area contributed by atoms with Crippen molar-refractivity contribution in [3.05, 3.63) is 48.0 Å². The van der Waals surface area contributed by atoms with E-state index in [0.29, 0.717) is 23.2 Å². The smallest absolute Gasteiger partial charge is 0.492 e. The summed E-state index contributed by atoms with van der Waals surface area (Å²) in [5.41, 5.74) is 0.548. The first-order valence-corrected chi connectivity index (χ1v) is 9.01. The predicted molar refractivity (Wildman–Crippen MR) is 104 cm³/mol. The molecule has 0 fully saturated rings. The number of alkyl carbamates (subject to hydrolysis) is 1. The van der Waals surface area contributed by atoms with Crippen molar-refractivity contribution in [1.82, 2.24) is 5.32 Å². The van der Waals surface area contributed by atoms with Gasteiger partial charge in [-0.05, 0) is 62.2 Å². The summed E-state index contributed by atoms with van der Waals surface area (Å²) in [5.74, 6) is -0.0525. The first-order valence-electron chi connectivity index (χ1n) is 9.01. The molecule has 1 amide bonds. The second-order valence-electron chi connectivity index (χ2n) is 7.26. The molecular formula is C21H22F3NO5. The monoisotopic (exact) mass is 425 g/mol. The van der Waals surface area contributed by atoms with Crippen LogP contribution in [0.3, 0.4) is 0 Å².